The zero-order chi connectivity index (χ0) is 24.2. The number of hydrogen-bond acceptors (Lipinski definition) is 4. The van der Waals surface area contributed by atoms with Crippen molar-refractivity contribution in [2.75, 3.05) is 31.1 Å². The third kappa shape index (κ3) is 5.21. The average Bonchev–Trinajstić information content (AvgIpc) is 3.05. The second-order valence-corrected chi connectivity index (χ2v) is 9.70. The number of fused-ring (bicyclic) bond motifs is 1. The number of nitrogens with one attached hydrogen (secondary N) is 1. The van der Waals surface area contributed by atoms with Crippen LogP contribution in [0.15, 0.2) is 36.4 Å². The fourth-order valence-electron chi connectivity index (χ4n) is 4.42. The van der Waals surface area contributed by atoms with Gasteiger partial charge in [-0.3, -0.25) is 9.59 Å². The summed E-state index contributed by atoms with van der Waals surface area (Å²) in [6, 6.07) is 7.47. The first-order valence-corrected chi connectivity index (χ1v) is 11.6. The van der Waals surface area contributed by atoms with Gasteiger partial charge in [-0.2, -0.15) is 0 Å². The van der Waals surface area contributed by atoms with E-state index in [1.54, 1.807) is 11.0 Å². The number of carboxylic acid groups (broad SMARTS) is 1. The van der Waals surface area contributed by atoms with E-state index in [1.165, 1.54) is 11.0 Å². The Morgan fingerprint density at radius 3 is 2.64 bits per heavy atom. The molecule has 3 rings (SSSR count). The lowest BCUT2D eigenvalue weighted by atomic mass is 9.75. The van der Waals surface area contributed by atoms with Crippen LogP contribution >= 0.6 is 0 Å². The van der Waals surface area contributed by atoms with Crippen LogP contribution in [0.5, 0.6) is 0 Å². The summed E-state index contributed by atoms with van der Waals surface area (Å²) in [5.74, 6) is -0.487. The van der Waals surface area contributed by atoms with Crippen molar-refractivity contribution in [3.63, 3.8) is 0 Å². The molecule has 2 aliphatic rings. The Bertz CT molecular complexity index is 923. The highest BCUT2D eigenvalue weighted by Crippen LogP contribution is 2.37. The molecule has 2 atom stereocenters. The minimum atomic E-state index is -1.33. The topological polar surface area (TPSA) is 99.2 Å². The van der Waals surface area contributed by atoms with Crippen LogP contribution in [0.4, 0.5) is 10.5 Å². The molecular weight excluding hydrogens is 422 g/mol. The van der Waals surface area contributed by atoms with Crippen molar-refractivity contribution in [3.05, 3.63) is 42.0 Å². The molecule has 0 saturated carbocycles. The summed E-state index contributed by atoms with van der Waals surface area (Å²) in [5.41, 5.74) is 0.101. The molecule has 2 aliphatic heterocycles. The number of anilines is 1. The summed E-state index contributed by atoms with van der Waals surface area (Å²) in [6.45, 7) is 8.78. The molecule has 8 heteroatoms. The number of ether oxygens (including phenoxy) is 1. The highest BCUT2D eigenvalue weighted by atomic mass is 16.5. The predicted octanol–water partition coefficient (Wildman–Crippen LogP) is 3.21. The van der Waals surface area contributed by atoms with Crippen LogP contribution in [-0.4, -0.2) is 65.8 Å². The molecule has 0 aromatic heterocycles. The van der Waals surface area contributed by atoms with E-state index in [1.807, 2.05) is 52.0 Å². The summed E-state index contributed by atoms with van der Waals surface area (Å²) in [6.07, 6.45) is 4.09. The zero-order valence-electron chi connectivity index (χ0n) is 20.0. The van der Waals surface area contributed by atoms with Crippen LogP contribution in [0.3, 0.4) is 0 Å². The second-order valence-electron chi connectivity index (χ2n) is 9.70. The molecule has 0 spiro atoms. The van der Waals surface area contributed by atoms with Gasteiger partial charge < -0.3 is 25.0 Å². The summed E-state index contributed by atoms with van der Waals surface area (Å²) in [4.78, 5) is 41.1. The van der Waals surface area contributed by atoms with Crippen molar-refractivity contribution in [1.29, 1.82) is 0 Å². The SMILES string of the molecule is CC[C@@H](/C=C/C(=O)N1CCc2ccccc21)NC(=O)[C@]1(C(C)(C)C)CN(C(=O)O)CCCO1. The molecule has 3 amide bonds. The Morgan fingerprint density at radius 2 is 1.97 bits per heavy atom. The quantitative estimate of drug-likeness (QED) is 0.662. The van der Waals surface area contributed by atoms with Crippen molar-refractivity contribution < 1.29 is 24.2 Å². The van der Waals surface area contributed by atoms with E-state index < -0.39 is 17.1 Å². The van der Waals surface area contributed by atoms with E-state index in [2.05, 4.69) is 5.32 Å². The highest BCUT2D eigenvalue weighted by Gasteiger charge is 2.52. The maximum absolute atomic E-state index is 13.5. The Morgan fingerprint density at radius 1 is 1.24 bits per heavy atom. The van der Waals surface area contributed by atoms with E-state index in [9.17, 15) is 19.5 Å². The van der Waals surface area contributed by atoms with Gasteiger partial charge in [-0.05, 0) is 30.9 Å². The maximum Gasteiger partial charge on any atom is 0.407 e. The van der Waals surface area contributed by atoms with Gasteiger partial charge in [0, 0.05) is 42.9 Å². The predicted molar refractivity (Wildman–Crippen MR) is 126 cm³/mol. The average molecular weight is 458 g/mol. The van der Waals surface area contributed by atoms with Gasteiger partial charge in [-0.15, -0.1) is 0 Å². The summed E-state index contributed by atoms with van der Waals surface area (Å²) in [5, 5.41) is 12.6. The van der Waals surface area contributed by atoms with Crippen molar-refractivity contribution in [2.45, 2.75) is 58.6 Å². The van der Waals surface area contributed by atoms with Gasteiger partial charge in [-0.25, -0.2) is 4.79 Å². The van der Waals surface area contributed by atoms with Gasteiger partial charge in [0.1, 0.15) is 0 Å². The number of rotatable bonds is 5. The number of benzene rings is 1. The molecular formula is C25H35N3O5. The van der Waals surface area contributed by atoms with Crippen molar-refractivity contribution >= 4 is 23.6 Å². The third-order valence-electron chi connectivity index (χ3n) is 6.56. The van der Waals surface area contributed by atoms with Crippen molar-refractivity contribution in [1.82, 2.24) is 10.2 Å². The molecule has 1 aromatic carbocycles. The normalized spacial score (nSPS) is 22.1. The number of para-hydroxylation sites is 1. The Labute approximate surface area is 195 Å². The van der Waals surface area contributed by atoms with E-state index >= 15 is 0 Å². The minimum absolute atomic E-state index is 0.0404. The van der Waals surface area contributed by atoms with Gasteiger partial charge >= 0.3 is 6.09 Å². The smallest absolute Gasteiger partial charge is 0.407 e. The zero-order valence-corrected chi connectivity index (χ0v) is 20.0. The van der Waals surface area contributed by atoms with Crippen LogP contribution in [0.25, 0.3) is 0 Å². The number of carbonyl (C=O) groups excluding carboxylic acids is 2. The summed E-state index contributed by atoms with van der Waals surface area (Å²) in [7, 11) is 0. The van der Waals surface area contributed by atoms with Gasteiger partial charge in [0.25, 0.3) is 11.8 Å². The van der Waals surface area contributed by atoms with E-state index in [-0.39, 0.29) is 24.4 Å². The molecule has 2 heterocycles. The summed E-state index contributed by atoms with van der Waals surface area (Å²) < 4.78 is 6.07. The second kappa shape index (κ2) is 9.95. The number of carbonyl (C=O) groups is 3. The van der Waals surface area contributed by atoms with E-state index in [0.29, 0.717) is 32.5 Å². The monoisotopic (exact) mass is 457 g/mol. The highest BCUT2D eigenvalue weighted by molar-refractivity contribution is 6.03. The van der Waals surface area contributed by atoms with Crippen LogP contribution in [0.1, 0.15) is 46.1 Å². The van der Waals surface area contributed by atoms with Gasteiger partial charge in [0.15, 0.2) is 5.60 Å². The van der Waals surface area contributed by atoms with Crippen LogP contribution < -0.4 is 10.2 Å². The lowest BCUT2D eigenvalue weighted by molar-refractivity contribution is -0.165. The molecule has 8 nitrogen and oxygen atoms in total. The molecule has 0 unspecified atom stereocenters. The third-order valence-corrected chi connectivity index (χ3v) is 6.56. The van der Waals surface area contributed by atoms with Crippen molar-refractivity contribution in [3.8, 4) is 0 Å². The molecule has 1 aromatic rings. The lowest BCUT2D eigenvalue weighted by Crippen LogP contribution is -2.63. The molecule has 33 heavy (non-hydrogen) atoms. The number of hydrogen-bond donors (Lipinski definition) is 2. The molecule has 1 fully saturated rings. The fourth-order valence-corrected chi connectivity index (χ4v) is 4.42. The van der Waals surface area contributed by atoms with E-state index in [0.717, 1.165) is 17.7 Å². The Hall–Kier alpha value is -2.87. The van der Waals surface area contributed by atoms with Crippen LogP contribution in [0.2, 0.25) is 0 Å². The summed E-state index contributed by atoms with van der Waals surface area (Å²) >= 11 is 0. The lowest BCUT2D eigenvalue weighted by Gasteiger charge is -2.44. The molecule has 180 valence electrons. The van der Waals surface area contributed by atoms with E-state index in [4.69, 9.17) is 4.74 Å². The fraction of sp³-hybridized carbons (Fsp3) is 0.560. The number of nitrogens with zero attached hydrogens (tertiary/aromatic N) is 2. The van der Waals surface area contributed by atoms with Gasteiger partial charge in [0.2, 0.25) is 0 Å². The largest absolute Gasteiger partial charge is 0.465 e. The molecule has 0 aliphatic carbocycles. The van der Waals surface area contributed by atoms with Crippen LogP contribution in [0, 0.1) is 5.41 Å². The number of amides is 3. The van der Waals surface area contributed by atoms with Gasteiger partial charge in [-0.1, -0.05) is 52.0 Å². The van der Waals surface area contributed by atoms with Gasteiger partial charge in [0.05, 0.1) is 6.54 Å². The van der Waals surface area contributed by atoms with Crippen LogP contribution in [-0.2, 0) is 20.7 Å². The molecule has 0 bridgehead atoms. The van der Waals surface area contributed by atoms with Crippen molar-refractivity contribution in [2.24, 2.45) is 5.41 Å². The first kappa shape index (κ1) is 24.8. The Kier molecular flexibility index (Phi) is 7.47. The minimum Gasteiger partial charge on any atom is -0.465 e. The molecule has 2 N–H and O–H groups in total. The first-order valence-electron chi connectivity index (χ1n) is 11.6. The maximum atomic E-state index is 13.5. The molecule has 0 radical (unpaired) electrons. The molecule has 1 saturated heterocycles. The Balaban J connectivity index is 1.75. The first-order chi connectivity index (χ1) is 15.6. The standard InChI is InChI=1S/C25H35N3O5/c1-5-19(11-12-21(29)28-15-13-18-9-6-7-10-20(18)28)26-22(30)25(24(2,3)4)17-27(23(31)32)14-8-16-33-25/h6-7,9-12,19H,5,8,13-17H2,1-4H3,(H,26,30)(H,31,32)/b12-11+/t19-,25-/m0/s1.